The molecule has 1 rings (SSSR count). The minimum absolute atomic E-state index is 0.0266. The van der Waals surface area contributed by atoms with Crippen LogP contribution < -0.4 is 5.73 Å². The molecule has 0 spiro atoms. The molecule has 0 aromatic rings. The van der Waals surface area contributed by atoms with Crippen LogP contribution in [0.25, 0.3) is 0 Å². The third-order valence-corrected chi connectivity index (χ3v) is 1.90. The molecule has 1 amide bonds. The predicted molar refractivity (Wildman–Crippen MR) is 36.2 cm³/mol. The standard InChI is InChI=1S/C7H11NO2/c8-7(10)5-3-1-2-4-6(5)9/h5H,1-4H2,(H2,8,10)/t5-/m1/s1. The Morgan fingerprint density at radius 3 is 2.60 bits per heavy atom. The van der Waals surface area contributed by atoms with E-state index in [1.54, 1.807) is 0 Å². The first-order valence-corrected chi connectivity index (χ1v) is 3.54. The van der Waals surface area contributed by atoms with E-state index in [9.17, 15) is 9.59 Å². The molecule has 1 atom stereocenters. The number of carbonyl (C=O) groups is 2. The third-order valence-electron chi connectivity index (χ3n) is 1.90. The highest BCUT2D eigenvalue weighted by Gasteiger charge is 2.26. The van der Waals surface area contributed by atoms with E-state index in [-0.39, 0.29) is 5.78 Å². The first-order chi connectivity index (χ1) is 4.72. The molecule has 0 radical (unpaired) electrons. The van der Waals surface area contributed by atoms with Crippen LogP contribution in [0.1, 0.15) is 25.7 Å². The molecule has 0 aromatic heterocycles. The summed E-state index contributed by atoms with van der Waals surface area (Å²) in [5.74, 6) is -0.905. The number of ketones is 1. The largest absolute Gasteiger partial charge is 0.369 e. The normalized spacial score (nSPS) is 26.4. The quantitative estimate of drug-likeness (QED) is 0.531. The van der Waals surface area contributed by atoms with Crippen molar-refractivity contribution in [2.75, 3.05) is 0 Å². The summed E-state index contributed by atoms with van der Waals surface area (Å²) in [6.07, 6.45) is 3.07. The zero-order chi connectivity index (χ0) is 7.56. The molecule has 0 heterocycles. The van der Waals surface area contributed by atoms with Crippen molar-refractivity contribution in [3.8, 4) is 0 Å². The lowest BCUT2D eigenvalue weighted by molar-refractivity contribution is -0.133. The van der Waals surface area contributed by atoms with E-state index < -0.39 is 11.8 Å². The van der Waals surface area contributed by atoms with Crippen molar-refractivity contribution >= 4 is 11.7 Å². The smallest absolute Gasteiger partial charge is 0.227 e. The Kier molecular flexibility index (Phi) is 2.04. The molecule has 0 unspecified atom stereocenters. The molecule has 0 saturated heterocycles. The minimum atomic E-state index is -0.478. The first-order valence-electron chi connectivity index (χ1n) is 3.54. The van der Waals surface area contributed by atoms with Gasteiger partial charge in [0.1, 0.15) is 5.78 Å². The molecule has 2 N–H and O–H groups in total. The molecule has 1 fully saturated rings. The Morgan fingerprint density at radius 1 is 1.50 bits per heavy atom. The number of Topliss-reactive ketones (excluding diaryl/α,β-unsaturated/α-hetero) is 1. The van der Waals surface area contributed by atoms with Crippen LogP contribution in [0.4, 0.5) is 0 Å². The van der Waals surface area contributed by atoms with Gasteiger partial charge in [-0.15, -0.1) is 0 Å². The highest BCUT2D eigenvalue weighted by molar-refractivity contribution is 6.00. The van der Waals surface area contributed by atoms with Crippen LogP contribution in [0.15, 0.2) is 0 Å². The molecular weight excluding hydrogens is 130 g/mol. The van der Waals surface area contributed by atoms with E-state index in [0.29, 0.717) is 12.8 Å². The van der Waals surface area contributed by atoms with Gasteiger partial charge in [-0.1, -0.05) is 6.42 Å². The molecule has 1 saturated carbocycles. The summed E-state index contributed by atoms with van der Waals surface area (Å²) in [4.78, 5) is 21.5. The van der Waals surface area contributed by atoms with Gasteiger partial charge in [-0.2, -0.15) is 0 Å². The molecular formula is C7H11NO2. The van der Waals surface area contributed by atoms with Gasteiger partial charge < -0.3 is 5.73 Å². The average Bonchev–Trinajstić information content (AvgIpc) is 1.88. The minimum Gasteiger partial charge on any atom is -0.369 e. The van der Waals surface area contributed by atoms with Crippen LogP contribution in [0.3, 0.4) is 0 Å². The van der Waals surface area contributed by atoms with E-state index in [2.05, 4.69) is 0 Å². The lowest BCUT2D eigenvalue weighted by Crippen LogP contribution is -2.32. The lowest BCUT2D eigenvalue weighted by Gasteiger charge is -2.16. The second kappa shape index (κ2) is 2.82. The zero-order valence-electron chi connectivity index (χ0n) is 5.80. The monoisotopic (exact) mass is 141 g/mol. The molecule has 3 nitrogen and oxygen atoms in total. The van der Waals surface area contributed by atoms with Gasteiger partial charge in [-0.05, 0) is 12.8 Å². The van der Waals surface area contributed by atoms with Gasteiger partial charge in [0.2, 0.25) is 5.91 Å². The van der Waals surface area contributed by atoms with Crippen LogP contribution in [0, 0.1) is 5.92 Å². The topological polar surface area (TPSA) is 60.2 Å². The van der Waals surface area contributed by atoms with Crippen LogP contribution >= 0.6 is 0 Å². The highest BCUT2D eigenvalue weighted by Crippen LogP contribution is 2.19. The van der Waals surface area contributed by atoms with Crippen molar-refractivity contribution in [1.29, 1.82) is 0 Å². The van der Waals surface area contributed by atoms with Crippen LogP contribution in [-0.4, -0.2) is 11.7 Å². The van der Waals surface area contributed by atoms with Gasteiger partial charge in [0.05, 0.1) is 5.92 Å². The summed E-state index contributed by atoms with van der Waals surface area (Å²) in [7, 11) is 0. The van der Waals surface area contributed by atoms with Crippen LogP contribution in [0.2, 0.25) is 0 Å². The predicted octanol–water partition coefficient (Wildman–Crippen LogP) is 0.231. The number of hydrogen-bond donors (Lipinski definition) is 1. The Balaban J connectivity index is 2.56. The summed E-state index contributed by atoms with van der Waals surface area (Å²) < 4.78 is 0. The highest BCUT2D eigenvalue weighted by atomic mass is 16.2. The van der Waals surface area contributed by atoms with Gasteiger partial charge in [0.25, 0.3) is 0 Å². The second-order valence-electron chi connectivity index (χ2n) is 2.67. The number of amides is 1. The van der Waals surface area contributed by atoms with Crippen molar-refractivity contribution in [2.45, 2.75) is 25.7 Å². The van der Waals surface area contributed by atoms with Crippen LogP contribution in [0.5, 0.6) is 0 Å². The maximum atomic E-state index is 10.9. The van der Waals surface area contributed by atoms with E-state index in [1.165, 1.54) is 0 Å². The van der Waals surface area contributed by atoms with Gasteiger partial charge >= 0.3 is 0 Å². The molecule has 1 aliphatic carbocycles. The van der Waals surface area contributed by atoms with Gasteiger partial charge in [-0.25, -0.2) is 0 Å². The molecule has 0 aromatic carbocycles. The summed E-state index contributed by atoms with van der Waals surface area (Å²) in [5, 5.41) is 0. The summed E-state index contributed by atoms with van der Waals surface area (Å²) in [6.45, 7) is 0. The fraction of sp³-hybridized carbons (Fsp3) is 0.714. The lowest BCUT2D eigenvalue weighted by atomic mass is 9.88. The molecule has 1 aliphatic rings. The number of rotatable bonds is 1. The Labute approximate surface area is 59.6 Å². The number of hydrogen-bond acceptors (Lipinski definition) is 2. The third kappa shape index (κ3) is 1.35. The number of nitrogens with two attached hydrogens (primary N) is 1. The summed E-state index contributed by atoms with van der Waals surface area (Å²) in [5.41, 5.74) is 5.00. The molecule has 3 heteroatoms. The first kappa shape index (κ1) is 7.25. The number of carbonyl (C=O) groups excluding carboxylic acids is 2. The molecule has 0 aliphatic heterocycles. The van der Waals surface area contributed by atoms with E-state index in [4.69, 9.17) is 5.73 Å². The van der Waals surface area contributed by atoms with Gasteiger partial charge in [0.15, 0.2) is 0 Å². The zero-order valence-corrected chi connectivity index (χ0v) is 5.80. The van der Waals surface area contributed by atoms with Crippen molar-refractivity contribution in [1.82, 2.24) is 0 Å². The summed E-state index contributed by atoms with van der Waals surface area (Å²) in [6, 6.07) is 0. The van der Waals surface area contributed by atoms with E-state index in [1.807, 2.05) is 0 Å². The van der Waals surface area contributed by atoms with E-state index in [0.717, 1.165) is 12.8 Å². The van der Waals surface area contributed by atoms with Crippen LogP contribution in [-0.2, 0) is 9.59 Å². The average molecular weight is 141 g/mol. The molecule has 10 heavy (non-hydrogen) atoms. The second-order valence-corrected chi connectivity index (χ2v) is 2.67. The fourth-order valence-electron chi connectivity index (χ4n) is 1.28. The van der Waals surface area contributed by atoms with Crippen molar-refractivity contribution in [3.05, 3.63) is 0 Å². The Morgan fingerprint density at radius 2 is 2.20 bits per heavy atom. The van der Waals surface area contributed by atoms with Gasteiger partial charge in [-0.3, -0.25) is 9.59 Å². The van der Waals surface area contributed by atoms with Gasteiger partial charge in [0, 0.05) is 6.42 Å². The Hall–Kier alpha value is -0.860. The maximum Gasteiger partial charge on any atom is 0.227 e. The van der Waals surface area contributed by atoms with Crippen molar-refractivity contribution in [2.24, 2.45) is 11.7 Å². The maximum absolute atomic E-state index is 10.9. The molecule has 56 valence electrons. The van der Waals surface area contributed by atoms with E-state index >= 15 is 0 Å². The van der Waals surface area contributed by atoms with Crippen molar-refractivity contribution < 1.29 is 9.59 Å². The van der Waals surface area contributed by atoms with Crippen molar-refractivity contribution in [3.63, 3.8) is 0 Å². The number of primary amides is 1. The SMILES string of the molecule is NC(=O)[C@@H]1CCCCC1=O. The Bertz CT molecular complexity index is 165. The fourth-order valence-corrected chi connectivity index (χ4v) is 1.28. The molecule has 0 bridgehead atoms. The summed E-state index contributed by atoms with van der Waals surface area (Å²) >= 11 is 0.